The smallest absolute Gasteiger partial charge is 0.205 e. The number of aromatic nitrogens is 2. The van der Waals surface area contributed by atoms with E-state index in [-0.39, 0.29) is 15.0 Å². The first-order valence-corrected chi connectivity index (χ1v) is 5.89. The molecule has 1 heterocycles. The van der Waals surface area contributed by atoms with Crippen LogP contribution in [0.15, 0.2) is 16.6 Å². The van der Waals surface area contributed by atoms with E-state index in [9.17, 15) is 8.78 Å². The van der Waals surface area contributed by atoms with Gasteiger partial charge >= 0.3 is 0 Å². The number of nitrogens with one attached hydrogen (secondary N) is 1. The van der Waals surface area contributed by atoms with E-state index in [0.717, 1.165) is 11.3 Å². The highest BCUT2D eigenvalue weighted by atomic mass is 79.9. The van der Waals surface area contributed by atoms with Crippen molar-refractivity contribution in [1.29, 1.82) is 0 Å². The molecule has 2 rings (SSSR count). The number of rotatable bonds is 2. The number of anilines is 1. The van der Waals surface area contributed by atoms with Gasteiger partial charge in [-0.2, -0.15) is 0 Å². The van der Waals surface area contributed by atoms with Crippen molar-refractivity contribution in [2.24, 2.45) is 0 Å². The Labute approximate surface area is 103 Å². The zero-order chi connectivity index (χ0) is 11.7. The fourth-order valence-electron chi connectivity index (χ4n) is 1.15. The highest BCUT2D eigenvalue weighted by Crippen LogP contribution is 2.33. The van der Waals surface area contributed by atoms with Gasteiger partial charge in [0.05, 0.1) is 10.0 Å². The normalized spacial score (nSPS) is 10.5. The first-order chi connectivity index (χ1) is 7.63. The Morgan fingerprint density at radius 3 is 2.69 bits per heavy atom. The van der Waals surface area contributed by atoms with E-state index in [1.54, 1.807) is 7.05 Å². The molecule has 84 valence electrons. The van der Waals surface area contributed by atoms with Crippen LogP contribution in [0, 0.1) is 11.6 Å². The highest BCUT2D eigenvalue weighted by Gasteiger charge is 2.18. The van der Waals surface area contributed by atoms with Crippen molar-refractivity contribution in [3.8, 4) is 10.6 Å². The fourth-order valence-corrected chi connectivity index (χ4v) is 2.22. The lowest BCUT2D eigenvalue weighted by molar-refractivity contribution is 0.585. The molecule has 2 aromatic rings. The molecule has 0 aliphatic carbocycles. The molecule has 0 unspecified atom stereocenters. The topological polar surface area (TPSA) is 37.8 Å². The van der Waals surface area contributed by atoms with E-state index >= 15 is 0 Å². The fraction of sp³-hybridized carbons (Fsp3) is 0.111. The second kappa shape index (κ2) is 4.42. The van der Waals surface area contributed by atoms with E-state index < -0.39 is 11.6 Å². The van der Waals surface area contributed by atoms with Gasteiger partial charge in [0.2, 0.25) is 5.13 Å². The Bertz CT molecular complexity index is 529. The molecule has 1 N–H and O–H groups in total. The molecule has 0 fully saturated rings. The molecule has 7 heteroatoms. The molecule has 0 spiro atoms. The average molecular weight is 306 g/mol. The van der Waals surface area contributed by atoms with E-state index in [2.05, 4.69) is 31.4 Å². The maximum absolute atomic E-state index is 13.7. The zero-order valence-electron chi connectivity index (χ0n) is 8.09. The second-order valence-corrected chi connectivity index (χ2v) is 4.71. The third-order valence-corrected chi connectivity index (χ3v) is 3.47. The first kappa shape index (κ1) is 11.4. The summed E-state index contributed by atoms with van der Waals surface area (Å²) in [5.74, 6) is -1.32. The lowest BCUT2D eigenvalue weighted by Gasteiger charge is -2.01. The third-order valence-electron chi connectivity index (χ3n) is 1.90. The Balaban J connectivity index is 2.58. The highest BCUT2D eigenvalue weighted by molar-refractivity contribution is 9.10. The van der Waals surface area contributed by atoms with Gasteiger partial charge in [0.25, 0.3) is 0 Å². The molecule has 0 saturated carbocycles. The second-order valence-electron chi connectivity index (χ2n) is 2.88. The van der Waals surface area contributed by atoms with E-state index in [1.807, 2.05) is 0 Å². The molecule has 0 amide bonds. The molecule has 1 aromatic carbocycles. The largest absolute Gasteiger partial charge is 0.363 e. The summed E-state index contributed by atoms with van der Waals surface area (Å²) in [6, 6.07) is 2.50. The van der Waals surface area contributed by atoms with Gasteiger partial charge in [-0.25, -0.2) is 8.78 Å². The Kier molecular flexibility index (Phi) is 3.15. The molecule has 0 bridgehead atoms. The van der Waals surface area contributed by atoms with Crippen molar-refractivity contribution in [1.82, 2.24) is 10.2 Å². The predicted molar refractivity (Wildman–Crippen MR) is 62.5 cm³/mol. The lowest BCUT2D eigenvalue weighted by atomic mass is 10.2. The van der Waals surface area contributed by atoms with E-state index in [0.29, 0.717) is 5.13 Å². The molecule has 0 aliphatic rings. The number of benzene rings is 1. The van der Waals surface area contributed by atoms with Gasteiger partial charge in [-0.1, -0.05) is 11.3 Å². The van der Waals surface area contributed by atoms with Crippen LogP contribution in [-0.2, 0) is 0 Å². The summed E-state index contributed by atoms with van der Waals surface area (Å²) in [6.07, 6.45) is 0. The molecule has 3 nitrogen and oxygen atoms in total. The van der Waals surface area contributed by atoms with Crippen molar-refractivity contribution >= 4 is 32.4 Å². The van der Waals surface area contributed by atoms with Gasteiger partial charge in [0, 0.05) is 7.05 Å². The number of hydrogen-bond donors (Lipinski definition) is 1. The molecule has 0 atom stereocenters. The van der Waals surface area contributed by atoms with Crippen LogP contribution < -0.4 is 5.32 Å². The minimum atomic E-state index is -0.668. The summed E-state index contributed by atoms with van der Waals surface area (Å²) >= 11 is 4.09. The summed E-state index contributed by atoms with van der Waals surface area (Å²) in [7, 11) is 1.66. The monoisotopic (exact) mass is 305 g/mol. The lowest BCUT2D eigenvalue weighted by Crippen LogP contribution is -1.90. The van der Waals surface area contributed by atoms with Gasteiger partial charge < -0.3 is 5.32 Å². The van der Waals surface area contributed by atoms with Crippen molar-refractivity contribution in [2.45, 2.75) is 0 Å². The van der Waals surface area contributed by atoms with Crippen molar-refractivity contribution in [3.63, 3.8) is 0 Å². The Morgan fingerprint density at radius 2 is 2.06 bits per heavy atom. The maximum atomic E-state index is 13.7. The number of halogens is 3. The van der Waals surface area contributed by atoms with Crippen LogP contribution in [0.4, 0.5) is 13.9 Å². The Hall–Kier alpha value is -1.08. The maximum Gasteiger partial charge on any atom is 0.205 e. The SMILES string of the molecule is CNc1nnc(-c2c(F)ccc(Br)c2F)s1. The molecule has 1 aromatic heterocycles. The van der Waals surface area contributed by atoms with Crippen molar-refractivity contribution in [2.75, 3.05) is 12.4 Å². The van der Waals surface area contributed by atoms with Gasteiger partial charge in [-0.3, -0.25) is 0 Å². The van der Waals surface area contributed by atoms with Crippen LogP contribution in [0.3, 0.4) is 0 Å². The first-order valence-electron chi connectivity index (χ1n) is 4.28. The average Bonchev–Trinajstić information content (AvgIpc) is 2.73. The molecule has 0 saturated heterocycles. The summed E-state index contributed by atoms with van der Waals surface area (Å²) < 4.78 is 27.4. The van der Waals surface area contributed by atoms with Crippen molar-refractivity contribution in [3.05, 3.63) is 28.2 Å². The van der Waals surface area contributed by atoms with Crippen LogP contribution in [0.5, 0.6) is 0 Å². The van der Waals surface area contributed by atoms with Crippen LogP contribution in [0.2, 0.25) is 0 Å². The molecule has 0 radical (unpaired) electrons. The number of hydrogen-bond acceptors (Lipinski definition) is 4. The van der Waals surface area contributed by atoms with E-state index in [1.165, 1.54) is 12.1 Å². The third kappa shape index (κ3) is 1.92. The van der Waals surface area contributed by atoms with Crippen LogP contribution in [0.1, 0.15) is 0 Å². The minimum Gasteiger partial charge on any atom is -0.363 e. The van der Waals surface area contributed by atoms with Crippen LogP contribution in [-0.4, -0.2) is 17.2 Å². The summed E-state index contributed by atoms with van der Waals surface area (Å²) in [6.45, 7) is 0. The van der Waals surface area contributed by atoms with Crippen LogP contribution in [0.25, 0.3) is 10.6 Å². The van der Waals surface area contributed by atoms with Crippen LogP contribution >= 0.6 is 27.3 Å². The summed E-state index contributed by atoms with van der Waals surface area (Å²) in [5, 5.41) is 10.9. The number of nitrogens with zero attached hydrogens (tertiary/aromatic N) is 2. The van der Waals surface area contributed by atoms with E-state index in [4.69, 9.17) is 0 Å². The quantitative estimate of drug-likeness (QED) is 0.865. The molecular formula is C9H6BrF2N3S. The van der Waals surface area contributed by atoms with Gasteiger partial charge in [-0.05, 0) is 28.1 Å². The van der Waals surface area contributed by atoms with Gasteiger partial charge in [-0.15, -0.1) is 10.2 Å². The minimum absolute atomic E-state index is 0.159. The molecule has 0 aliphatic heterocycles. The zero-order valence-corrected chi connectivity index (χ0v) is 10.5. The summed E-state index contributed by atoms with van der Waals surface area (Å²) in [4.78, 5) is 0. The molecule has 16 heavy (non-hydrogen) atoms. The standard InChI is InChI=1S/C9H6BrF2N3S/c1-13-9-15-14-8(16-9)6-5(11)3-2-4(10)7(6)12/h2-3H,1H3,(H,13,15). The van der Waals surface area contributed by atoms with Gasteiger partial charge in [0.15, 0.2) is 10.8 Å². The van der Waals surface area contributed by atoms with Crippen molar-refractivity contribution < 1.29 is 8.78 Å². The predicted octanol–water partition coefficient (Wildman–Crippen LogP) is 3.29. The summed E-state index contributed by atoms with van der Waals surface area (Å²) in [5.41, 5.74) is -0.159. The van der Waals surface area contributed by atoms with Gasteiger partial charge in [0.1, 0.15) is 5.82 Å². The molecular weight excluding hydrogens is 300 g/mol. The Morgan fingerprint density at radius 1 is 1.31 bits per heavy atom.